The number of amides is 1. The Hall–Kier alpha value is -1.03. The topological polar surface area (TPSA) is 29.5 Å². The van der Waals surface area contributed by atoms with Gasteiger partial charge in [-0.1, -0.05) is 20.8 Å². The molecule has 0 radical (unpaired) electrons. The average Bonchev–Trinajstić information content (AvgIpc) is 2.89. The van der Waals surface area contributed by atoms with Gasteiger partial charge in [0, 0.05) is 13.1 Å². The summed E-state index contributed by atoms with van der Waals surface area (Å²) in [4.78, 5) is 14.6. The van der Waals surface area contributed by atoms with Gasteiger partial charge in [0.1, 0.15) is 5.75 Å². The molecule has 1 fully saturated rings. The van der Waals surface area contributed by atoms with Gasteiger partial charge in [-0.05, 0) is 51.9 Å². The Morgan fingerprint density at radius 1 is 1.25 bits per heavy atom. The molecule has 0 N–H and O–H groups in total. The normalized spacial score (nSPS) is 15.6. The molecule has 1 amide bonds. The van der Waals surface area contributed by atoms with Crippen LogP contribution in [0.3, 0.4) is 0 Å². The summed E-state index contributed by atoms with van der Waals surface area (Å²) in [5.74, 6) is 0.709. The fraction of sp³-hybridized carbons (Fsp3) is 0.562. The van der Waals surface area contributed by atoms with Crippen LogP contribution >= 0.6 is 15.9 Å². The number of ether oxygens (including phenoxy) is 1. The number of halogens is 1. The van der Waals surface area contributed by atoms with Gasteiger partial charge in [0.2, 0.25) is 0 Å². The van der Waals surface area contributed by atoms with Crippen molar-refractivity contribution < 1.29 is 9.53 Å². The SMILES string of the molecule is COc1c(Br)cc(C(C)(C)C)cc1C(=O)N1CCCC1. The maximum Gasteiger partial charge on any atom is 0.257 e. The van der Waals surface area contributed by atoms with Crippen molar-refractivity contribution in [1.82, 2.24) is 4.90 Å². The third-order valence-corrected chi connectivity index (χ3v) is 4.33. The summed E-state index contributed by atoms with van der Waals surface area (Å²) >= 11 is 3.53. The number of nitrogens with zero attached hydrogens (tertiary/aromatic N) is 1. The minimum Gasteiger partial charge on any atom is -0.495 e. The highest BCUT2D eigenvalue weighted by Gasteiger charge is 2.26. The van der Waals surface area contributed by atoms with Gasteiger partial charge in [-0.2, -0.15) is 0 Å². The molecule has 0 spiro atoms. The molecule has 1 heterocycles. The van der Waals surface area contributed by atoms with Gasteiger partial charge in [-0.3, -0.25) is 4.79 Å². The second-order valence-corrected chi connectivity index (χ2v) is 7.14. The lowest BCUT2D eigenvalue weighted by molar-refractivity contribution is 0.0789. The number of hydrogen-bond donors (Lipinski definition) is 0. The lowest BCUT2D eigenvalue weighted by atomic mass is 9.86. The predicted molar refractivity (Wildman–Crippen MR) is 84.5 cm³/mol. The number of methoxy groups -OCH3 is 1. The molecule has 1 aromatic rings. The van der Waals surface area contributed by atoms with Crippen molar-refractivity contribution in [3.8, 4) is 5.75 Å². The zero-order chi connectivity index (χ0) is 14.9. The standard InChI is InChI=1S/C16H22BrNO2/c1-16(2,3)11-9-12(14(20-4)13(17)10-11)15(19)18-7-5-6-8-18/h9-10H,5-8H2,1-4H3. The molecule has 0 saturated carbocycles. The second kappa shape index (κ2) is 5.76. The minimum atomic E-state index is -0.00513. The number of carbonyl (C=O) groups excluding carboxylic acids is 1. The van der Waals surface area contributed by atoms with Crippen LogP contribution < -0.4 is 4.74 Å². The van der Waals surface area contributed by atoms with Crippen molar-refractivity contribution in [2.24, 2.45) is 0 Å². The van der Waals surface area contributed by atoms with Gasteiger partial charge in [0.15, 0.2) is 0 Å². The Morgan fingerprint density at radius 2 is 1.85 bits per heavy atom. The largest absolute Gasteiger partial charge is 0.495 e. The van der Waals surface area contributed by atoms with Crippen LogP contribution in [-0.4, -0.2) is 31.0 Å². The first kappa shape index (κ1) is 15.4. The molecule has 3 nitrogen and oxygen atoms in total. The van der Waals surface area contributed by atoms with Crippen LogP contribution in [0.5, 0.6) is 5.75 Å². The molecule has 4 heteroatoms. The Bertz CT molecular complexity index is 514. The third kappa shape index (κ3) is 3.00. The summed E-state index contributed by atoms with van der Waals surface area (Å²) in [5.41, 5.74) is 1.79. The van der Waals surface area contributed by atoms with Crippen molar-refractivity contribution in [2.75, 3.05) is 20.2 Å². The van der Waals surface area contributed by atoms with E-state index in [1.807, 2.05) is 17.0 Å². The van der Waals surface area contributed by atoms with Crippen LogP contribution in [-0.2, 0) is 5.41 Å². The lowest BCUT2D eigenvalue weighted by Gasteiger charge is -2.23. The number of hydrogen-bond acceptors (Lipinski definition) is 2. The number of likely N-dealkylation sites (tertiary alicyclic amines) is 1. The molecule has 1 aliphatic heterocycles. The molecule has 1 saturated heterocycles. The average molecular weight is 340 g/mol. The molecule has 0 unspecified atom stereocenters. The Balaban J connectivity index is 2.48. The molecule has 0 aliphatic carbocycles. The quantitative estimate of drug-likeness (QED) is 0.815. The van der Waals surface area contributed by atoms with Crippen LogP contribution in [0.15, 0.2) is 16.6 Å². The maximum atomic E-state index is 12.7. The van der Waals surface area contributed by atoms with Gasteiger partial charge in [0.25, 0.3) is 5.91 Å². The molecule has 1 aromatic carbocycles. The van der Waals surface area contributed by atoms with E-state index < -0.39 is 0 Å². The fourth-order valence-corrected chi connectivity index (χ4v) is 3.11. The monoisotopic (exact) mass is 339 g/mol. The van der Waals surface area contributed by atoms with Gasteiger partial charge < -0.3 is 9.64 Å². The van der Waals surface area contributed by atoms with Crippen LogP contribution in [0, 0.1) is 0 Å². The highest BCUT2D eigenvalue weighted by Crippen LogP contribution is 2.36. The molecule has 20 heavy (non-hydrogen) atoms. The first-order valence-corrected chi connectivity index (χ1v) is 7.81. The number of carbonyl (C=O) groups is 1. The Labute approximate surface area is 129 Å². The summed E-state index contributed by atoms with van der Waals surface area (Å²) in [6.07, 6.45) is 2.18. The van der Waals surface area contributed by atoms with Crippen LogP contribution in [0.1, 0.15) is 49.5 Å². The van der Waals surface area contributed by atoms with Crippen LogP contribution in [0.2, 0.25) is 0 Å². The summed E-state index contributed by atoms with van der Waals surface area (Å²) in [7, 11) is 1.61. The minimum absolute atomic E-state index is 0.00513. The van der Waals surface area contributed by atoms with E-state index in [2.05, 4.69) is 36.7 Å². The van der Waals surface area contributed by atoms with Crippen LogP contribution in [0.4, 0.5) is 0 Å². The molecule has 0 aromatic heterocycles. The summed E-state index contributed by atoms with van der Waals surface area (Å²) < 4.78 is 6.27. The van der Waals surface area contributed by atoms with Crippen molar-refractivity contribution in [3.63, 3.8) is 0 Å². The molecular weight excluding hydrogens is 318 g/mol. The molecule has 1 aliphatic rings. The molecule has 0 bridgehead atoms. The van der Waals surface area contributed by atoms with Gasteiger partial charge in [0.05, 0.1) is 17.1 Å². The van der Waals surface area contributed by atoms with E-state index in [0.717, 1.165) is 36.0 Å². The van der Waals surface area contributed by atoms with Crippen molar-refractivity contribution in [1.29, 1.82) is 0 Å². The third-order valence-electron chi connectivity index (χ3n) is 3.74. The first-order valence-electron chi connectivity index (χ1n) is 7.02. The predicted octanol–water partition coefficient (Wildman–Crippen LogP) is 3.99. The molecule has 110 valence electrons. The maximum absolute atomic E-state index is 12.7. The summed E-state index contributed by atoms with van der Waals surface area (Å²) in [6.45, 7) is 8.13. The molecule has 2 rings (SSSR count). The van der Waals surface area contributed by atoms with Crippen LogP contribution in [0.25, 0.3) is 0 Å². The van der Waals surface area contributed by atoms with E-state index in [9.17, 15) is 4.79 Å². The van der Waals surface area contributed by atoms with Crippen molar-refractivity contribution in [2.45, 2.75) is 39.0 Å². The van der Waals surface area contributed by atoms with Crippen molar-refractivity contribution in [3.05, 3.63) is 27.7 Å². The lowest BCUT2D eigenvalue weighted by Crippen LogP contribution is -2.28. The molecule has 0 atom stereocenters. The Morgan fingerprint density at radius 3 is 2.35 bits per heavy atom. The highest BCUT2D eigenvalue weighted by atomic mass is 79.9. The zero-order valence-electron chi connectivity index (χ0n) is 12.6. The highest BCUT2D eigenvalue weighted by molar-refractivity contribution is 9.10. The van der Waals surface area contributed by atoms with E-state index in [0.29, 0.717) is 11.3 Å². The number of benzene rings is 1. The van der Waals surface area contributed by atoms with Gasteiger partial charge in [-0.25, -0.2) is 0 Å². The van der Waals surface area contributed by atoms with E-state index in [1.54, 1.807) is 7.11 Å². The first-order chi connectivity index (χ1) is 9.34. The Kier molecular flexibility index (Phi) is 4.43. The van der Waals surface area contributed by atoms with E-state index in [-0.39, 0.29) is 11.3 Å². The van der Waals surface area contributed by atoms with Gasteiger partial charge in [-0.15, -0.1) is 0 Å². The second-order valence-electron chi connectivity index (χ2n) is 6.29. The zero-order valence-corrected chi connectivity index (χ0v) is 14.2. The summed E-state index contributed by atoms with van der Waals surface area (Å²) in [5, 5.41) is 0. The smallest absolute Gasteiger partial charge is 0.257 e. The van der Waals surface area contributed by atoms with E-state index in [4.69, 9.17) is 4.74 Å². The van der Waals surface area contributed by atoms with Gasteiger partial charge >= 0.3 is 0 Å². The fourth-order valence-electron chi connectivity index (χ4n) is 2.48. The molecular formula is C16H22BrNO2. The summed E-state index contributed by atoms with van der Waals surface area (Å²) in [6, 6.07) is 4.02. The van der Waals surface area contributed by atoms with E-state index in [1.165, 1.54) is 0 Å². The van der Waals surface area contributed by atoms with Crippen molar-refractivity contribution >= 4 is 21.8 Å². The number of rotatable bonds is 2. The van der Waals surface area contributed by atoms with E-state index >= 15 is 0 Å².